The molecule has 3 N–H and O–H groups in total. The molecule has 0 aliphatic carbocycles. The third-order valence-electron chi connectivity index (χ3n) is 2.82. The van der Waals surface area contributed by atoms with E-state index in [1.165, 1.54) is 30.3 Å². The van der Waals surface area contributed by atoms with Crippen molar-refractivity contribution in [3.05, 3.63) is 64.0 Å². The topological polar surface area (TPSA) is 98.3 Å². The number of anilines is 2. The van der Waals surface area contributed by atoms with Crippen molar-refractivity contribution >= 4 is 23.0 Å². The van der Waals surface area contributed by atoms with E-state index in [1.807, 2.05) is 0 Å². The smallest absolute Gasteiger partial charge is 0.273 e. The van der Waals surface area contributed by atoms with Crippen molar-refractivity contribution < 1.29 is 14.1 Å². The average Bonchev–Trinajstić information content (AvgIpc) is 2.43. The number of benzene rings is 2. The lowest BCUT2D eigenvalue weighted by atomic mass is 10.1. The Labute approximate surface area is 119 Å². The van der Waals surface area contributed by atoms with Gasteiger partial charge in [0.2, 0.25) is 5.91 Å². The SMILES string of the molecule is Nc1cc(NC(=O)Cc2ccccc2[N+](=O)[O-])ccc1F. The highest BCUT2D eigenvalue weighted by Crippen LogP contribution is 2.20. The summed E-state index contributed by atoms with van der Waals surface area (Å²) in [5, 5.41) is 13.4. The van der Waals surface area contributed by atoms with Crippen LogP contribution < -0.4 is 11.1 Å². The number of nitro groups is 1. The number of nitrogens with two attached hydrogens (primary N) is 1. The molecule has 2 rings (SSSR count). The van der Waals surface area contributed by atoms with Crippen molar-refractivity contribution in [3.63, 3.8) is 0 Å². The lowest BCUT2D eigenvalue weighted by Crippen LogP contribution is -2.15. The van der Waals surface area contributed by atoms with E-state index >= 15 is 0 Å². The van der Waals surface area contributed by atoms with E-state index in [-0.39, 0.29) is 17.8 Å². The predicted molar refractivity (Wildman–Crippen MR) is 76.2 cm³/mol. The Morgan fingerprint density at radius 1 is 1.29 bits per heavy atom. The fourth-order valence-electron chi connectivity index (χ4n) is 1.84. The minimum absolute atomic E-state index is 0.0847. The Morgan fingerprint density at radius 2 is 2.00 bits per heavy atom. The first kappa shape index (κ1) is 14.4. The fraction of sp³-hybridized carbons (Fsp3) is 0.0714. The molecule has 2 aromatic rings. The van der Waals surface area contributed by atoms with Gasteiger partial charge in [0.15, 0.2) is 0 Å². The summed E-state index contributed by atoms with van der Waals surface area (Å²) in [4.78, 5) is 22.2. The molecule has 108 valence electrons. The van der Waals surface area contributed by atoms with Crippen molar-refractivity contribution in [2.75, 3.05) is 11.1 Å². The first-order valence-electron chi connectivity index (χ1n) is 6.04. The van der Waals surface area contributed by atoms with Crippen LogP contribution in [0, 0.1) is 15.9 Å². The van der Waals surface area contributed by atoms with Gasteiger partial charge >= 0.3 is 0 Å². The Balaban J connectivity index is 2.12. The van der Waals surface area contributed by atoms with Gasteiger partial charge in [0, 0.05) is 17.3 Å². The molecule has 0 spiro atoms. The maximum Gasteiger partial charge on any atom is 0.273 e. The molecule has 0 heterocycles. The van der Waals surface area contributed by atoms with Gasteiger partial charge in [-0.1, -0.05) is 18.2 Å². The Kier molecular flexibility index (Phi) is 4.13. The summed E-state index contributed by atoms with van der Waals surface area (Å²) in [5.74, 6) is -1.03. The number of carbonyl (C=O) groups is 1. The second-order valence-corrected chi connectivity index (χ2v) is 4.35. The second-order valence-electron chi connectivity index (χ2n) is 4.35. The van der Waals surface area contributed by atoms with Crippen LogP contribution in [-0.2, 0) is 11.2 Å². The van der Waals surface area contributed by atoms with E-state index in [2.05, 4.69) is 5.32 Å². The van der Waals surface area contributed by atoms with Crippen LogP contribution in [-0.4, -0.2) is 10.8 Å². The molecule has 21 heavy (non-hydrogen) atoms. The standard InChI is InChI=1S/C14H12FN3O3/c15-11-6-5-10(8-12(11)16)17-14(19)7-9-3-1-2-4-13(9)18(20)21/h1-6,8H,7,16H2,(H,17,19). The summed E-state index contributed by atoms with van der Waals surface area (Å²) in [6.07, 6.45) is -0.158. The minimum atomic E-state index is -0.577. The number of hydrogen-bond donors (Lipinski definition) is 2. The number of hydrogen-bond acceptors (Lipinski definition) is 4. The number of nitro benzene ring substituents is 1. The zero-order chi connectivity index (χ0) is 15.4. The van der Waals surface area contributed by atoms with E-state index in [4.69, 9.17) is 5.73 Å². The molecule has 0 fully saturated rings. The molecule has 2 aromatic carbocycles. The summed E-state index contributed by atoms with van der Waals surface area (Å²) in [6.45, 7) is 0. The van der Waals surface area contributed by atoms with Crippen molar-refractivity contribution in [1.29, 1.82) is 0 Å². The van der Waals surface area contributed by atoms with Crippen molar-refractivity contribution in [2.24, 2.45) is 0 Å². The van der Waals surface area contributed by atoms with Gasteiger partial charge in [-0.05, 0) is 18.2 Å². The maximum absolute atomic E-state index is 13.0. The molecule has 0 saturated carbocycles. The van der Waals surface area contributed by atoms with E-state index in [1.54, 1.807) is 6.07 Å². The number of rotatable bonds is 4. The summed E-state index contributed by atoms with van der Waals surface area (Å²) in [6, 6.07) is 9.77. The minimum Gasteiger partial charge on any atom is -0.396 e. The zero-order valence-corrected chi connectivity index (χ0v) is 10.9. The molecule has 6 nitrogen and oxygen atoms in total. The number of amides is 1. The molecule has 0 radical (unpaired) electrons. The van der Waals surface area contributed by atoms with E-state index in [0.29, 0.717) is 11.3 Å². The summed E-state index contributed by atoms with van der Waals surface area (Å²) in [5.41, 5.74) is 5.83. The molecule has 7 heteroatoms. The number of para-hydroxylation sites is 1. The van der Waals surface area contributed by atoms with Crippen LogP contribution in [0.5, 0.6) is 0 Å². The van der Waals surface area contributed by atoms with Gasteiger partial charge in [-0.15, -0.1) is 0 Å². The maximum atomic E-state index is 13.0. The molecule has 0 aliphatic heterocycles. The number of nitrogens with one attached hydrogen (secondary N) is 1. The summed E-state index contributed by atoms with van der Waals surface area (Å²) < 4.78 is 13.0. The molecule has 0 aliphatic rings. The van der Waals surface area contributed by atoms with Crippen molar-refractivity contribution in [1.82, 2.24) is 0 Å². The number of nitrogen functional groups attached to an aromatic ring is 1. The Bertz CT molecular complexity index is 704. The van der Waals surface area contributed by atoms with Gasteiger partial charge in [-0.2, -0.15) is 0 Å². The largest absolute Gasteiger partial charge is 0.396 e. The molecule has 1 amide bonds. The quantitative estimate of drug-likeness (QED) is 0.513. The Hall–Kier alpha value is -2.96. The van der Waals surface area contributed by atoms with Crippen molar-refractivity contribution in [3.8, 4) is 0 Å². The molecule has 0 saturated heterocycles. The van der Waals surface area contributed by atoms with Crippen LogP contribution in [0.15, 0.2) is 42.5 Å². The van der Waals surface area contributed by atoms with Crippen LogP contribution in [0.2, 0.25) is 0 Å². The highest BCUT2D eigenvalue weighted by atomic mass is 19.1. The van der Waals surface area contributed by atoms with Crippen LogP contribution in [0.3, 0.4) is 0 Å². The first-order chi connectivity index (χ1) is 9.97. The molecule has 0 unspecified atom stereocenters. The third-order valence-corrected chi connectivity index (χ3v) is 2.82. The number of carbonyl (C=O) groups excluding carboxylic acids is 1. The fourth-order valence-corrected chi connectivity index (χ4v) is 1.84. The van der Waals surface area contributed by atoms with E-state index in [9.17, 15) is 19.3 Å². The van der Waals surface area contributed by atoms with Gasteiger partial charge in [-0.3, -0.25) is 14.9 Å². The normalized spacial score (nSPS) is 10.1. The van der Waals surface area contributed by atoms with Crippen LogP contribution >= 0.6 is 0 Å². The lowest BCUT2D eigenvalue weighted by Gasteiger charge is -2.07. The van der Waals surface area contributed by atoms with Gasteiger partial charge in [0.1, 0.15) is 5.82 Å². The van der Waals surface area contributed by atoms with Gasteiger partial charge in [0.25, 0.3) is 5.69 Å². The zero-order valence-electron chi connectivity index (χ0n) is 10.9. The second kappa shape index (κ2) is 6.00. The molecule has 0 aromatic heterocycles. The monoisotopic (exact) mass is 289 g/mol. The molecular formula is C14H12FN3O3. The van der Waals surface area contributed by atoms with Crippen LogP contribution in [0.4, 0.5) is 21.5 Å². The molecular weight excluding hydrogens is 277 g/mol. The average molecular weight is 289 g/mol. The predicted octanol–water partition coefficient (Wildman–Crippen LogP) is 2.50. The molecule has 0 bridgehead atoms. The summed E-state index contributed by atoms with van der Waals surface area (Å²) in [7, 11) is 0. The first-order valence-corrected chi connectivity index (χ1v) is 6.04. The van der Waals surface area contributed by atoms with Gasteiger partial charge in [-0.25, -0.2) is 4.39 Å². The van der Waals surface area contributed by atoms with E-state index < -0.39 is 16.6 Å². The number of nitrogens with zero attached hydrogens (tertiary/aromatic N) is 1. The van der Waals surface area contributed by atoms with Crippen molar-refractivity contribution in [2.45, 2.75) is 6.42 Å². The van der Waals surface area contributed by atoms with E-state index in [0.717, 1.165) is 6.07 Å². The Morgan fingerprint density at radius 3 is 2.67 bits per heavy atom. The van der Waals surface area contributed by atoms with Gasteiger partial charge in [0.05, 0.1) is 17.0 Å². The van der Waals surface area contributed by atoms with Gasteiger partial charge < -0.3 is 11.1 Å². The summed E-state index contributed by atoms with van der Waals surface area (Å²) >= 11 is 0. The molecule has 0 atom stereocenters. The van der Waals surface area contributed by atoms with Crippen LogP contribution in [0.25, 0.3) is 0 Å². The highest BCUT2D eigenvalue weighted by Gasteiger charge is 2.15. The highest BCUT2D eigenvalue weighted by molar-refractivity contribution is 5.93. The third kappa shape index (κ3) is 3.53. The van der Waals surface area contributed by atoms with Crippen LogP contribution in [0.1, 0.15) is 5.56 Å². The number of halogens is 1. The lowest BCUT2D eigenvalue weighted by molar-refractivity contribution is -0.385.